The molecule has 1 amide bonds. The van der Waals surface area contributed by atoms with Crippen molar-refractivity contribution in [3.05, 3.63) is 23.8 Å². The molecule has 0 bridgehead atoms. The van der Waals surface area contributed by atoms with Crippen molar-refractivity contribution in [2.24, 2.45) is 5.92 Å². The van der Waals surface area contributed by atoms with E-state index in [9.17, 15) is 9.59 Å². The number of nitrogens with one attached hydrogen (secondary N) is 1. The van der Waals surface area contributed by atoms with E-state index < -0.39 is 4.32 Å². The molecule has 1 aromatic carbocycles. The van der Waals surface area contributed by atoms with Gasteiger partial charge in [-0.25, -0.2) is 0 Å². The first-order chi connectivity index (χ1) is 9.66. The standard InChI is InChI=1S/C16H22BrNO3/c1-6-21-13-9-11(14(19)16(4,5)17)7-8-12(13)18-15(20)10(2)3/h7-10H,6H2,1-5H3,(H,18,20). The molecule has 1 rings (SSSR count). The maximum absolute atomic E-state index is 12.3. The third kappa shape index (κ3) is 4.84. The molecule has 0 atom stereocenters. The highest BCUT2D eigenvalue weighted by molar-refractivity contribution is 9.10. The van der Waals surface area contributed by atoms with Crippen molar-refractivity contribution in [3.8, 4) is 5.75 Å². The van der Waals surface area contributed by atoms with Gasteiger partial charge in [-0.15, -0.1) is 0 Å². The van der Waals surface area contributed by atoms with Crippen molar-refractivity contribution in [1.82, 2.24) is 0 Å². The molecule has 5 heteroatoms. The Hall–Kier alpha value is -1.36. The number of hydrogen-bond acceptors (Lipinski definition) is 3. The summed E-state index contributed by atoms with van der Waals surface area (Å²) in [5, 5.41) is 2.81. The minimum absolute atomic E-state index is 0.0369. The number of halogens is 1. The number of hydrogen-bond donors (Lipinski definition) is 1. The number of anilines is 1. The third-order valence-electron chi connectivity index (χ3n) is 2.87. The smallest absolute Gasteiger partial charge is 0.227 e. The molecule has 0 spiro atoms. The molecule has 0 aliphatic carbocycles. The van der Waals surface area contributed by atoms with E-state index in [1.54, 1.807) is 32.0 Å². The summed E-state index contributed by atoms with van der Waals surface area (Å²) in [6.07, 6.45) is 0. The molecule has 0 aliphatic heterocycles. The highest BCUT2D eigenvalue weighted by Crippen LogP contribution is 2.30. The fourth-order valence-corrected chi connectivity index (χ4v) is 1.89. The van der Waals surface area contributed by atoms with E-state index in [-0.39, 0.29) is 17.6 Å². The minimum atomic E-state index is -0.640. The Morgan fingerprint density at radius 2 is 1.95 bits per heavy atom. The van der Waals surface area contributed by atoms with Gasteiger partial charge in [0.25, 0.3) is 0 Å². The summed E-state index contributed by atoms with van der Waals surface area (Å²) in [6, 6.07) is 5.08. The first-order valence-electron chi connectivity index (χ1n) is 6.98. The third-order valence-corrected chi connectivity index (χ3v) is 3.23. The number of carbonyl (C=O) groups excluding carboxylic acids is 2. The zero-order valence-corrected chi connectivity index (χ0v) is 14.7. The van der Waals surface area contributed by atoms with Gasteiger partial charge in [0.05, 0.1) is 16.6 Å². The number of benzene rings is 1. The molecule has 1 N–H and O–H groups in total. The molecular formula is C16H22BrNO3. The van der Waals surface area contributed by atoms with E-state index in [0.717, 1.165) is 0 Å². The molecule has 0 fully saturated rings. The van der Waals surface area contributed by atoms with E-state index >= 15 is 0 Å². The highest BCUT2D eigenvalue weighted by Gasteiger charge is 2.26. The van der Waals surface area contributed by atoms with Crippen molar-refractivity contribution < 1.29 is 14.3 Å². The average molecular weight is 356 g/mol. The van der Waals surface area contributed by atoms with Crippen molar-refractivity contribution >= 4 is 33.3 Å². The fourth-order valence-electron chi connectivity index (χ4n) is 1.66. The van der Waals surface area contributed by atoms with Gasteiger partial charge in [0, 0.05) is 11.5 Å². The second-order valence-electron chi connectivity index (χ2n) is 5.59. The van der Waals surface area contributed by atoms with Gasteiger partial charge >= 0.3 is 0 Å². The number of amides is 1. The van der Waals surface area contributed by atoms with Crippen molar-refractivity contribution in [1.29, 1.82) is 0 Å². The van der Waals surface area contributed by atoms with E-state index in [1.807, 2.05) is 20.8 Å². The van der Waals surface area contributed by atoms with Gasteiger partial charge in [-0.1, -0.05) is 29.8 Å². The molecule has 21 heavy (non-hydrogen) atoms. The monoisotopic (exact) mass is 355 g/mol. The number of carbonyl (C=O) groups is 2. The highest BCUT2D eigenvalue weighted by atomic mass is 79.9. The summed E-state index contributed by atoms with van der Waals surface area (Å²) >= 11 is 3.36. The van der Waals surface area contributed by atoms with E-state index in [1.165, 1.54) is 0 Å². The number of ketones is 1. The number of ether oxygens (including phenoxy) is 1. The van der Waals surface area contributed by atoms with Crippen LogP contribution >= 0.6 is 15.9 Å². The van der Waals surface area contributed by atoms with Gasteiger partial charge in [0.2, 0.25) is 5.91 Å². The quantitative estimate of drug-likeness (QED) is 0.618. The summed E-state index contributed by atoms with van der Waals surface area (Å²) in [5.74, 6) is 0.261. The van der Waals surface area contributed by atoms with Crippen LogP contribution in [0, 0.1) is 5.92 Å². The zero-order valence-electron chi connectivity index (χ0n) is 13.1. The molecule has 1 aromatic rings. The molecule has 0 saturated heterocycles. The Morgan fingerprint density at radius 1 is 1.33 bits per heavy atom. The predicted octanol–water partition coefficient (Wildman–Crippen LogP) is 4.04. The van der Waals surface area contributed by atoms with E-state index in [2.05, 4.69) is 21.2 Å². The Bertz CT molecular complexity index is 533. The van der Waals surface area contributed by atoms with E-state index in [4.69, 9.17) is 4.74 Å². The fraction of sp³-hybridized carbons (Fsp3) is 0.500. The van der Waals surface area contributed by atoms with Crippen LogP contribution < -0.4 is 10.1 Å². The van der Waals surface area contributed by atoms with Gasteiger partial charge in [-0.05, 0) is 39.0 Å². The lowest BCUT2D eigenvalue weighted by atomic mass is 10.00. The lowest BCUT2D eigenvalue weighted by molar-refractivity contribution is -0.118. The van der Waals surface area contributed by atoms with E-state index in [0.29, 0.717) is 23.6 Å². The maximum Gasteiger partial charge on any atom is 0.227 e. The van der Waals surface area contributed by atoms with Crippen LogP contribution in [0.25, 0.3) is 0 Å². The largest absolute Gasteiger partial charge is 0.492 e. The molecule has 4 nitrogen and oxygen atoms in total. The lowest BCUT2D eigenvalue weighted by Crippen LogP contribution is -2.24. The average Bonchev–Trinajstić information content (AvgIpc) is 2.38. The van der Waals surface area contributed by atoms with Crippen LogP contribution in [0.5, 0.6) is 5.75 Å². The predicted molar refractivity (Wildman–Crippen MR) is 88.4 cm³/mol. The van der Waals surface area contributed by atoms with Crippen LogP contribution in [0.3, 0.4) is 0 Å². The van der Waals surface area contributed by atoms with Crippen molar-refractivity contribution in [2.45, 2.75) is 38.9 Å². The molecule has 0 heterocycles. The molecule has 0 saturated carbocycles. The topological polar surface area (TPSA) is 55.4 Å². The Morgan fingerprint density at radius 3 is 2.43 bits per heavy atom. The summed E-state index contributed by atoms with van der Waals surface area (Å²) in [4.78, 5) is 24.1. The van der Waals surface area contributed by atoms with Crippen molar-refractivity contribution in [2.75, 3.05) is 11.9 Å². The number of Topliss-reactive ketones (excluding diaryl/α,β-unsaturated/α-hetero) is 1. The van der Waals surface area contributed by atoms with Crippen LogP contribution in [0.15, 0.2) is 18.2 Å². The Balaban J connectivity index is 3.13. The molecule has 116 valence electrons. The minimum Gasteiger partial charge on any atom is -0.492 e. The molecule has 0 unspecified atom stereocenters. The van der Waals surface area contributed by atoms with Gasteiger partial charge in [-0.3, -0.25) is 9.59 Å². The lowest BCUT2D eigenvalue weighted by Gasteiger charge is -2.17. The van der Waals surface area contributed by atoms with Crippen molar-refractivity contribution in [3.63, 3.8) is 0 Å². The van der Waals surface area contributed by atoms with Gasteiger partial charge < -0.3 is 10.1 Å². The Kier molecular flexibility index (Phi) is 5.96. The summed E-state index contributed by atoms with van der Waals surface area (Å²) in [6.45, 7) is 9.55. The van der Waals surface area contributed by atoms with Gasteiger partial charge in [0.1, 0.15) is 5.75 Å². The van der Waals surface area contributed by atoms with Crippen LogP contribution in [-0.2, 0) is 4.79 Å². The molecule has 0 radical (unpaired) electrons. The summed E-state index contributed by atoms with van der Waals surface area (Å²) in [7, 11) is 0. The van der Waals surface area contributed by atoms with Gasteiger partial charge in [-0.2, -0.15) is 0 Å². The van der Waals surface area contributed by atoms with Crippen LogP contribution in [-0.4, -0.2) is 22.6 Å². The first kappa shape index (κ1) is 17.7. The first-order valence-corrected chi connectivity index (χ1v) is 7.77. The second-order valence-corrected chi connectivity index (χ2v) is 7.57. The number of rotatable bonds is 6. The molecule has 0 aliphatic rings. The van der Waals surface area contributed by atoms with Crippen LogP contribution in [0.2, 0.25) is 0 Å². The molecular weight excluding hydrogens is 334 g/mol. The summed E-state index contributed by atoms with van der Waals surface area (Å²) in [5.41, 5.74) is 1.13. The number of alkyl halides is 1. The zero-order chi connectivity index (χ0) is 16.2. The van der Waals surface area contributed by atoms with Crippen LogP contribution in [0.4, 0.5) is 5.69 Å². The van der Waals surface area contributed by atoms with Crippen LogP contribution in [0.1, 0.15) is 45.0 Å². The molecule has 0 aromatic heterocycles. The Labute approximate surface area is 134 Å². The normalized spacial score (nSPS) is 11.4. The SMILES string of the molecule is CCOc1cc(C(=O)C(C)(C)Br)ccc1NC(=O)C(C)C. The summed E-state index contributed by atoms with van der Waals surface area (Å²) < 4.78 is 4.90. The maximum atomic E-state index is 12.3. The second kappa shape index (κ2) is 7.07. The van der Waals surface area contributed by atoms with Gasteiger partial charge in [0.15, 0.2) is 5.78 Å².